The fourth-order valence-electron chi connectivity index (χ4n) is 2.19. The van der Waals surface area contributed by atoms with Crippen LogP contribution in [0.4, 0.5) is 19.0 Å². The second-order valence-electron chi connectivity index (χ2n) is 5.14. The molecular formula is C16H8ClF3N2O4. The summed E-state index contributed by atoms with van der Waals surface area (Å²) in [4.78, 5) is 28.0. The predicted molar refractivity (Wildman–Crippen MR) is 86.4 cm³/mol. The molecule has 0 aliphatic heterocycles. The molecule has 3 rings (SSSR count). The summed E-state index contributed by atoms with van der Waals surface area (Å²) >= 11 is 5.67. The third-order valence-electron chi connectivity index (χ3n) is 3.40. The fraction of sp³-hybridized carbons (Fsp3) is 0.0625. The molecule has 0 fully saturated rings. The predicted octanol–water partition coefficient (Wildman–Crippen LogP) is 3.82. The first-order valence-electron chi connectivity index (χ1n) is 6.97. The number of rotatable bonds is 2. The largest absolute Gasteiger partial charge is 0.506 e. The fourth-order valence-corrected chi connectivity index (χ4v) is 2.30. The molecule has 0 bridgehead atoms. The lowest BCUT2D eigenvalue weighted by molar-refractivity contribution is -0.137. The Kier molecular flexibility index (Phi) is 4.33. The minimum atomic E-state index is -4.65. The highest BCUT2D eigenvalue weighted by Gasteiger charge is 2.31. The highest BCUT2D eigenvalue weighted by Crippen LogP contribution is 2.34. The van der Waals surface area contributed by atoms with Gasteiger partial charge in [-0.05, 0) is 30.3 Å². The summed E-state index contributed by atoms with van der Waals surface area (Å²) in [6.07, 6.45) is -3.41. The molecular weight excluding hydrogens is 377 g/mol. The first-order valence-corrected chi connectivity index (χ1v) is 7.34. The third-order valence-corrected chi connectivity index (χ3v) is 3.63. The molecule has 26 heavy (non-hydrogen) atoms. The van der Waals surface area contributed by atoms with Gasteiger partial charge in [0.1, 0.15) is 17.2 Å². The molecule has 2 N–H and O–H groups in total. The molecule has 0 unspecified atom stereocenters. The first kappa shape index (κ1) is 17.7. The van der Waals surface area contributed by atoms with Crippen molar-refractivity contribution in [2.45, 2.75) is 6.18 Å². The van der Waals surface area contributed by atoms with E-state index in [1.165, 1.54) is 18.3 Å². The maximum Gasteiger partial charge on any atom is 0.416 e. The maximum absolute atomic E-state index is 12.7. The Morgan fingerprint density at radius 1 is 1.23 bits per heavy atom. The van der Waals surface area contributed by atoms with Gasteiger partial charge in [-0.3, -0.25) is 4.79 Å². The molecule has 6 nitrogen and oxygen atoms in total. The van der Waals surface area contributed by atoms with E-state index in [0.29, 0.717) is 17.2 Å². The smallest absolute Gasteiger partial charge is 0.416 e. The number of amides is 1. The zero-order valence-corrected chi connectivity index (χ0v) is 13.4. The summed E-state index contributed by atoms with van der Waals surface area (Å²) in [6.45, 7) is 0. The van der Waals surface area contributed by atoms with Gasteiger partial charge in [-0.2, -0.15) is 13.2 Å². The highest BCUT2D eigenvalue weighted by molar-refractivity contribution is 6.30. The van der Waals surface area contributed by atoms with Gasteiger partial charge >= 0.3 is 11.8 Å². The van der Waals surface area contributed by atoms with Crippen molar-refractivity contribution in [3.8, 4) is 5.75 Å². The van der Waals surface area contributed by atoms with Crippen LogP contribution in [0, 0.1) is 0 Å². The Hall–Kier alpha value is -3.07. The lowest BCUT2D eigenvalue weighted by atomic mass is 10.1. The van der Waals surface area contributed by atoms with E-state index < -0.39 is 40.2 Å². The standard InChI is InChI=1S/C16H8ClF3N2O4/c17-8-2-4-11(21-6-8)22-14(24)12-13(23)9-3-1-7(16(18,19)20)5-10(9)26-15(12)25/h1-6,23H,(H,21,22,24). The number of benzene rings is 1. The van der Waals surface area contributed by atoms with Crippen molar-refractivity contribution >= 4 is 34.3 Å². The van der Waals surface area contributed by atoms with Gasteiger partial charge in [-0.15, -0.1) is 0 Å². The molecule has 134 valence electrons. The minimum Gasteiger partial charge on any atom is -0.506 e. The third kappa shape index (κ3) is 3.33. The van der Waals surface area contributed by atoms with Crippen molar-refractivity contribution in [1.82, 2.24) is 4.98 Å². The number of nitrogens with zero attached hydrogens (tertiary/aromatic N) is 1. The Morgan fingerprint density at radius 3 is 2.58 bits per heavy atom. The summed E-state index contributed by atoms with van der Waals surface area (Å²) in [6, 6.07) is 4.97. The van der Waals surface area contributed by atoms with E-state index in [0.717, 1.165) is 6.07 Å². The minimum absolute atomic E-state index is 0.0470. The topological polar surface area (TPSA) is 92.4 Å². The highest BCUT2D eigenvalue weighted by atomic mass is 35.5. The van der Waals surface area contributed by atoms with Gasteiger partial charge in [-0.1, -0.05) is 11.6 Å². The molecule has 0 atom stereocenters. The molecule has 0 aliphatic carbocycles. The molecule has 10 heteroatoms. The van der Waals surface area contributed by atoms with Gasteiger partial charge in [0.25, 0.3) is 5.91 Å². The summed E-state index contributed by atoms with van der Waals surface area (Å²) in [5, 5.41) is 12.5. The van der Waals surface area contributed by atoms with E-state index in [9.17, 15) is 27.9 Å². The lowest BCUT2D eigenvalue weighted by Gasteiger charge is -2.10. The number of halogens is 4. The Morgan fingerprint density at radius 2 is 1.96 bits per heavy atom. The lowest BCUT2D eigenvalue weighted by Crippen LogP contribution is -2.21. The molecule has 0 radical (unpaired) electrons. The van der Waals surface area contributed by atoms with Crippen LogP contribution in [0.5, 0.6) is 5.75 Å². The number of hydrogen-bond donors (Lipinski definition) is 2. The number of carbonyl (C=O) groups excluding carboxylic acids is 1. The van der Waals surface area contributed by atoms with Gasteiger partial charge in [0, 0.05) is 6.20 Å². The van der Waals surface area contributed by atoms with Crippen LogP contribution in [0.2, 0.25) is 5.02 Å². The quantitative estimate of drug-likeness (QED) is 0.655. The number of aromatic hydroxyl groups is 1. The Balaban J connectivity index is 2.05. The van der Waals surface area contributed by atoms with Crippen molar-refractivity contribution in [2.24, 2.45) is 0 Å². The number of hydrogen-bond acceptors (Lipinski definition) is 5. The molecule has 0 spiro atoms. The van der Waals surface area contributed by atoms with Gasteiger partial charge in [0.05, 0.1) is 16.0 Å². The molecule has 2 heterocycles. The molecule has 3 aromatic rings. The van der Waals surface area contributed by atoms with E-state index in [4.69, 9.17) is 16.0 Å². The van der Waals surface area contributed by atoms with E-state index in [1.54, 1.807) is 0 Å². The second-order valence-corrected chi connectivity index (χ2v) is 5.57. The normalized spacial score (nSPS) is 11.5. The molecule has 1 aromatic carbocycles. The average molecular weight is 385 g/mol. The zero-order valence-electron chi connectivity index (χ0n) is 12.6. The van der Waals surface area contributed by atoms with E-state index in [1.807, 2.05) is 0 Å². The van der Waals surface area contributed by atoms with Crippen molar-refractivity contribution in [2.75, 3.05) is 5.32 Å². The number of alkyl halides is 3. The van der Waals surface area contributed by atoms with Gasteiger partial charge in [0.2, 0.25) is 0 Å². The van der Waals surface area contributed by atoms with Crippen LogP contribution < -0.4 is 10.9 Å². The Bertz CT molecular complexity index is 1060. The summed E-state index contributed by atoms with van der Waals surface area (Å²) in [5.74, 6) is -1.78. The van der Waals surface area contributed by atoms with Crippen LogP contribution in [0.15, 0.2) is 45.7 Å². The second kappa shape index (κ2) is 6.34. The number of fused-ring (bicyclic) bond motifs is 1. The van der Waals surface area contributed by atoms with Crippen molar-refractivity contribution in [1.29, 1.82) is 0 Å². The van der Waals surface area contributed by atoms with E-state index in [2.05, 4.69) is 10.3 Å². The summed E-state index contributed by atoms with van der Waals surface area (Å²) in [5.41, 5.74) is -3.60. The van der Waals surface area contributed by atoms with Crippen molar-refractivity contribution < 1.29 is 27.5 Å². The van der Waals surface area contributed by atoms with E-state index in [-0.39, 0.29) is 11.2 Å². The maximum atomic E-state index is 12.7. The summed E-state index contributed by atoms with van der Waals surface area (Å²) < 4.78 is 43.0. The molecule has 0 aliphatic rings. The van der Waals surface area contributed by atoms with Gasteiger partial charge < -0.3 is 14.8 Å². The number of pyridine rings is 1. The number of anilines is 1. The van der Waals surface area contributed by atoms with Crippen LogP contribution in [0.1, 0.15) is 15.9 Å². The van der Waals surface area contributed by atoms with Crippen molar-refractivity contribution in [3.05, 3.63) is 63.1 Å². The SMILES string of the molecule is O=C(Nc1ccc(Cl)cn1)c1c(O)c2ccc(C(F)(F)F)cc2oc1=O. The molecule has 1 amide bonds. The van der Waals surface area contributed by atoms with Crippen LogP contribution in [0.25, 0.3) is 11.0 Å². The molecule has 0 saturated heterocycles. The number of carbonyl (C=O) groups is 1. The average Bonchev–Trinajstić information content (AvgIpc) is 2.55. The van der Waals surface area contributed by atoms with Crippen molar-refractivity contribution in [3.63, 3.8) is 0 Å². The monoisotopic (exact) mass is 384 g/mol. The molecule has 0 saturated carbocycles. The zero-order chi connectivity index (χ0) is 19.1. The Labute approximate surface area is 147 Å². The van der Waals surface area contributed by atoms with Crippen LogP contribution in [-0.2, 0) is 6.18 Å². The number of nitrogens with one attached hydrogen (secondary N) is 1. The van der Waals surface area contributed by atoms with Gasteiger partial charge in [0.15, 0.2) is 5.56 Å². The van der Waals surface area contributed by atoms with Crippen LogP contribution >= 0.6 is 11.6 Å². The van der Waals surface area contributed by atoms with Crippen LogP contribution in [0.3, 0.4) is 0 Å². The first-order chi connectivity index (χ1) is 12.2. The molecule has 2 aromatic heterocycles. The summed E-state index contributed by atoms with van der Waals surface area (Å²) in [7, 11) is 0. The number of aromatic nitrogens is 1. The van der Waals surface area contributed by atoms with Gasteiger partial charge in [-0.25, -0.2) is 9.78 Å². The van der Waals surface area contributed by atoms with Crippen LogP contribution in [-0.4, -0.2) is 16.0 Å². The van der Waals surface area contributed by atoms with E-state index >= 15 is 0 Å².